The van der Waals surface area contributed by atoms with Crippen molar-refractivity contribution in [1.29, 1.82) is 0 Å². The second-order valence-corrected chi connectivity index (χ2v) is 22.1. The first-order valence-electron chi connectivity index (χ1n) is 21.5. The molecule has 0 atom stereocenters. The van der Waals surface area contributed by atoms with Gasteiger partial charge in [-0.2, -0.15) is 13.2 Å². The number of halogens is 3. The highest BCUT2D eigenvalue weighted by Crippen LogP contribution is 2.63. The lowest BCUT2D eigenvalue weighted by Crippen LogP contribution is -2.36. The Balaban J connectivity index is 1.78. The lowest BCUT2D eigenvalue weighted by atomic mass is 9.78. The summed E-state index contributed by atoms with van der Waals surface area (Å²) < 4.78 is 99.8. The molecule has 0 aliphatic carbocycles. The Kier molecular flexibility index (Phi) is 12.1. The molecule has 0 unspecified atom stereocenters. The molecule has 6 aromatic carbocycles. The number of rotatable bonds is 10. The molecule has 0 radical (unpaired) electrons. The van der Waals surface area contributed by atoms with Crippen LogP contribution in [0.25, 0.3) is 54.9 Å². The van der Waals surface area contributed by atoms with E-state index < -0.39 is 23.3 Å². The Hall–Kier alpha value is -4.63. The van der Waals surface area contributed by atoms with Gasteiger partial charge in [0.1, 0.15) is 11.5 Å². The van der Waals surface area contributed by atoms with Crippen LogP contribution in [0, 0.1) is 0 Å². The minimum Gasteiger partial charge on any atom is -0.403 e. The van der Waals surface area contributed by atoms with Crippen molar-refractivity contribution in [3.8, 4) is 44.9 Å². The van der Waals surface area contributed by atoms with E-state index in [9.17, 15) is 21.6 Å². The molecule has 0 amide bonds. The van der Waals surface area contributed by atoms with E-state index in [0.717, 1.165) is 55.3 Å². The van der Waals surface area contributed by atoms with Crippen LogP contribution in [0.2, 0.25) is 0 Å². The maximum absolute atomic E-state index is 15.6. The highest BCUT2D eigenvalue weighted by molar-refractivity contribution is 7.95. The van der Waals surface area contributed by atoms with Crippen molar-refractivity contribution in [2.75, 3.05) is 0 Å². The topological polar surface area (TPSA) is 81.7 Å². The van der Waals surface area contributed by atoms with Gasteiger partial charge in [-0.1, -0.05) is 160 Å². The van der Waals surface area contributed by atoms with Gasteiger partial charge in [0.2, 0.25) is 0 Å². The van der Waals surface area contributed by atoms with Crippen molar-refractivity contribution >= 4 is 39.3 Å². The van der Waals surface area contributed by atoms with E-state index in [-0.39, 0.29) is 47.0 Å². The molecule has 1 aliphatic rings. The van der Waals surface area contributed by atoms with Gasteiger partial charge in [0.15, 0.2) is 0 Å². The monoisotopic (exact) mass is 883 g/mol. The summed E-state index contributed by atoms with van der Waals surface area (Å²) in [7, 11) is -11.9. The third-order valence-corrected chi connectivity index (χ3v) is 15.3. The Morgan fingerprint density at radius 3 is 1.11 bits per heavy atom. The number of alkyl halides is 3. The molecule has 6 nitrogen and oxygen atoms in total. The summed E-state index contributed by atoms with van der Waals surface area (Å²) in [5.41, 5.74) is 3.61. The molecule has 0 fully saturated rings. The van der Waals surface area contributed by atoms with Crippen molar-refractivity contribution in [3.05, 3.63) is 118 Å². The average Bonchev–Trinajstić information content (AvgIpc) is 3.32. The number of benzene rings is 6. The molecule has 0 saturated carbocycles. The van der Waals surface area contributed by atoms with E-state index in [4.69, 9.17) is 9.05 Å². The van der Waals surface area contributed by atoms with Crippen LogP contribution in [0.15, 0.2) is 84.9 Å². The molecule has 0 spiro atoms. The minimum atomic E-state index is -6.30. The number of hydrogen-bond donors (Lipinski definition) is 1. The fourth-order valence-electron chi connectivity index (χ4n) is 8.74. The summed E-state index contributed by atoms with van der Waals surface area (Å²) >= 11 is 0. The maximum atomic E-state index is 15.6. The summed E-state index contributed by atoms with van der Waals surface area (Å²) in [6.45, 7) is 25.1. The predicted octanol–water partition coefficient (Wildman–Crippen LogP) is 16.1. The van der Waals surface area contributed by atoms with Gasteiger partial charge in [0.05, 0.1) is 0 Å². The van der Waals surface area contributed by atoms with Gasteiger partial charge < -0.3 is 9.05 Å². The third kappa shape index (κ3) is 8.08. The maximum Gasteiger partial charge on any atom is 0.526 e. The van der Waals surface area contributed by atoms with Crippen molar-refractivity contribution in [2.24, 2.45) is 0 Å². The Bertz CT molecular complexity index is 2670. The number of fused-ring (bicyclic) bond motifs is 7. The van der Waals surface area contributed by atoms with Crippen LogP contribution >= 0.6 is 7.75 Å². The zero-order chi connectivity index (χ0) is 45.4. The molecule has 0 aromatic heterocycles. The van der Waals surface area contributed by atoms with Crippen LogP contribution in [0.4, 0.5) is 13.2 Å². The first-order chi connectivity index (χ1) is 28.9. The van der Waals surface area contributed by atoms with Crippen molar-refractivity contribution in [3.63, 3.8) is 0 Å². The van der Waals surface area contributed by atoms with E-state index >= 15 is 4.57 Å². The Morgan fingerprint density at radius 1 is 0.500 bits per heavy atom. The average molecular weight is 884 g/mol. The molecule has 11 heteroatoms. The van der Waals surface area contributed by atoms with Gasteiger partial charge in [-0.3, -0.25) is 0 Å². The molecule has 1 heterocycles. The molecular weight excluding hydrogens is 827 g/mol. The van der Waals surface area contributed by atoms with Gasteiger partial charge in [0.25, 0.3) is 0 Å². The zero-order valence-electron chi connectivity index (χ0n) is 37.6. The smallest absolute Gasteiger partial charge is 0.403 e. The lowest BCUT2D eigenvalue weighted by molar-refractivity contribution is -0.0443. The molecule has 0 bridgehead atoms. The minimum absolute atomic E-state index is 0.0293. The third-order valence-electron chi connectivity index (χ3n) is 12.0. The van der Waals surface area contributed by atoms with Gasteiger partial charge in [-0.15, -0.1) is 0 Å². The standard InChI is InChI=1S/C51H57F3NO5PS/c1-27(2)35-23-39(29(5)6)45(40(24-35)30(7)8)43-21-33-17-13-15-19-37(33)47-48-38-20-16-14-18-34(38)22-44(46-41(31(9)10)25-36(28(3)4)26-42(46)32(11)12)50(48)60-61(56,59-49(43)47)55-62(57,58)51(52,53)54/h13-32H,1-12H3,(H,55,56). The second-order valence-electron chi connectivity index (χ2n) is 18.5. The van der Waals surface area contributed by atoms with Crippen LogP contribution in [0.1, 0.15) is 152 Å². The molecule has 0 saturated heterocycles. The first-order valence-corrected chi connectivity index (χ1v) is 24.5. The fraction of sp³-hybridized carbons (Fsp3) is 0.373. The van der Waals surface area contributed by atoms with E-state index in [0.29, 0.717) is 33.0 Å². The van der Waals surface area contributed by atoms with Crippen LogP contribution in [0.3, 0.4) is 0 Å². The summed E-state index contributed by atoms with van der Waals surface area (Å²) in [5, 5.41) is 2.90. The van der Waals surface area contributed by atoms with Crippen LogP contribution < -0.4 is 13.5 Å². The van der Waals surface area contributed by atoms with Crippen molar-refractivity contribution in [1.82, 2.24) is 4.49 Å². The summed E-state index contributed by atoms with van der Waals surface area (Å²) in [6, 6.07) is 27.7. The number of hydrogen-bond acceptors (Lipinski definition) is 5. The van der Waals surface area contributed by atoms with E-state index in [2.05, 4.69) is 107 Å². The normalized spacial score (nSPS) is 14.3. The van der Waals surface area contributed by atoms with Crippen LogP contribution in [-0.2, 0) is 14.6 Å². The quantitative estimate of drug-likeness (QED) is 0.139. The summed E-state index contributed by atoms with van der Waals surface area (Å²) in [4.78, 5) is 0. The summed E-state index contributed by atoms with van der Waals surface area (Å²) in [6.07, 6.45) is 0. The molecular formula is C51H57F3NO5PS. The molecule has 7 rings (SSSR count). The molecule has 328 valence electrons. The van der Waals surface area contributed by atoms with E-state index in [1.165, 1.54) is 4.49 Å². The highest BCUT2D eigenvalue weighted by atomic mass is 32.2. The van der Waals surface area contributed by atoms with E-state index in [1.54, 1.807) is 0 Å². The van der Waals surface area contributed by atoms with Crippen molar-refractivity contribution in [2.45, 2.75) is 124 Å². The molecule has 6 aromatic rings. The molecule has 62 heavy (non-hydrogen) atoms. The lowest BCUT2D eigenvalue weighted by Gasteiger charge is -2.26. The largest absolute Gasteiger partial charge is 0.526 e. The molecule has 1 aliphatic heterocycles. The van der Waals surface area contributed by atoms with Crippen molar-refractivity contribution < 1.29 is 35.2 Å². The second kappa shape index (κ2) is 16.5. The molecule has 1 N–H and O–H groups in total. The van der Waals surface area contributed by atoms with Gasteiger partial charge in [-0.05, 0) is 114 Å². The summed E-state index contributed by atoms with van der Waals surface area (Å²) in [5.74, 6) is 0.178. The number of sulfonamides is 1. The number of nitrogens with one attached hydrogen (secondary N) is 1. The highest BCUT2D eigenvalue weighted by Gasteiger charge is 2.53. The van der Waals surface area contributed by atoms with Crippen LogP contribution in [0.5, 0.6) is 11.5 Å². The Morgan fingerprint density at radius 2 is 0.823 bits per heavy atom. The zero-order valence-corrected chi connectivity index (χ0v) is 39.3. The fourth-order valence-corrected chi connectivity index (χ4v) is 11.5. The SMILES string of the molecule is CC(C)c1cc(C(C)C)c(-c2cc3ccccc3c3c2OP(=O)(NS(=O)(=O)C(F)(F)F)Oc2c(-c4c(C(C)C)cc(C(C)C)cc4C(C)C)cc4ccccc4c2-3)c(C(C)C)c1. The van der Waals surface area contributed by atoms with Gasteiger partial charge in [-0.25, -0.2) is 13.0 Å². The van der Waals surface area contributed by atoms with Gasteiger partial charge >= 0.3 is 23.3 Å². The van der Waals surface area contributed by atoms with Crippen LogP contribution in [-0.4, -0.2) is 13.9 Å². The first kappa shape index (κ1) is 45.4. The predicted molar refractivity (Wildman–Crippen MR) is 249 cm³/mol. The van der Waals surface area contributed by atoms with Gasteiger partial charge in [0, 0.05) is 22.3 Å². The Labute approximate surface area is 364 Å². The van der Waals surface area contributed by atoms with E-state index in [1.807, 2.05) is 60.7 Å².